The fourth-order valence-electron chi connectivity index (χ4n) is 5.62. The second kappa shape index (κ2) is 6.71. The van der Waals surface area contributed by atoms with E-state index in [2.05, 4.69) is 10.3 Å². The second-order valence-corrected chi connectivity index (χ2v) is 9.23. The number of carbonyl (C=O) groups excluding carboxylic acids is 2. The molecule has 0 radical (unpaired) electrons. The molecule has 5 rings (SSSR count). The molecule has 1 heterocycles. The molecule has 4 aliphatic rings. The summed E-state index contributed by atoms with van der Waals surface area (Å²) in [4.78, 5) is 29.6. The molecule has 4 saturated carbocycles. The van der Waals surface area contributed by atoms with Crippen LogP contribution in [0.3, 0.4) is 0 Å². The molecule has 4 bridgehead atoms. The molecule has 0 unspecified atom stereocenters. The number of nitrogens with zero attached hydrogens (tertiary/aromatic N) is 2. The van der Waals surface area contributed by atoms with E-state index in [1.54, 1.807) is 0 Å². The van der Waals surface area contributed by atoms with E-state index in [0.29, 0.717) is 19.4 Å². The van der Waals surface area contributed by atoms with E-state index in [1.807, 2.05) is 23.2 Å². The van der Waals surface area contributed by atoms with Crippen LogP contribution in [0.15, 0.2) is 16.6 Å². The van der Waals surface area contributed by atoms with E-state index in [1.165, 1.54) is 30.6 Å². The number of nitrogens with one attached hydrogen (secondary N) is 1. The van der Waals surface area contributed by atoms with E-state index < -0.39 is 0 Å². The zero-order valence-corrected chi connectivity index (χ0v) is 15.7. The first-order valence-electron chi connectivity index (χ1n) is 9.50. The minimum absolute atomic E-state index is 0.0894. The summed E-state index contributed by atoms with van der Waals surface area (Å²) in [5, 5.41) is 5.04. The molecular formula is C19H27N3O2S. The van der Waals surface area contributed by atoms with Crippen LogP contribution in [-0.4, -0.2) is 22.9 Å². The van der Waals surface area contributed by atoms with Crippen molar-refractivity contribution in [3.05, 3.63) is 16.4 Å². The summed E-state index contributed by atoms with van der Waals surface area (Å²) < 4.78 is 1.84. The molecule has 1 aromatic rings. The van der Waals surface area contributed by atoms with Gasteiger partial charge in [-0.25, -0.2) is 0 Å². The molecule has 0 spiro atoms. The van der Waals surface area contributed by atoms with Gasteiger partial charge in [-0.1, -0.05) is 0 Å². The zero-order chi connectivity index (χ0) is 17.4. The molecule has 4 fully saturated rings. The van der Waals surface area contributed by atoms with Crippen LogP contribution in [0.25, 0.3) is 0 Å². The summed E-state index contributed by atoms with van der Waals surface area (Å²) in [6.07, 6.45) is 10.3. The number of rotatable bonds is 5. The van der Waals surface area contributed by atoms with Crippen molar-refractivity contribution in [2.24, 2.45) is 35.2 Å². The van der Waals surface area contributed by atoms with Gasteiger partial charge in [-0.15, -0.1) is 11.3 Å². The van der Waals surface area contributed by atoms with Crippen LogP contribution in [-0.2, 0) is 16.6 Å². The van der Waals surface area contributed by atoms with Gasteiger partial charge >= 0.3 is 0 Å². The Hall–Kier alpha value is -1.43. The average Bonchev–Trinajstić information content (AvgIpc) is 2.95. The maximum Gasteiger partial charge on any atom is 0.248 e. The molecule has 1 aromatic heterocycles. The van der Waals surface area contributed by atoms with Crippen molar-refractivity contribution in [3.8, 4) is 0 Å². The highest BCUT2D eigenvalue weighted by Crippen LogP contribution is 2.60. The van der Waals surface area contributed by atoms with Crippen LogP contribution in [0.4, 0.5) is 0 Å². The Labute approximate surface area is 152 Å². The van der Waals surface area contributed by atoms with E-state index in [4.69, 9.17) is 0 Å². The number of aromatic nitrogens is 1. The van der Waals surface area contributed by atoms with Crippen molar-refractivity contribution >= 4 is 23.2 Å². The van der Waals surface area contributed by atoms with Crippen LogP contribution in [0, 0.1) is 23.2 Å². The predicted octanol–water partition coefficient (Wildman–Crippen LogP) is 2.63. The molecule has 25 heavy (non-hydrogen) atoms. The monoisotopic (exact) mass is 361 g/mol. The third-order valence-corrected chi connectivity index (χ3v) is 7.20. The zero-order valence-electron chi connectivity index (χ0n) is 14.9. The third-order valence-electron chi connectivity index (χ3n) is 6.35. The predicted molar refractivity (Wildman–Crippen MR) is 96.7 cm³/mol. The first-order chi connectivity index (χ1) is 12.0. The van der Waals surface area contributed by atoms with Crippen molar-refractivity contribution in [3.63, 3.8) is 0 Å². The van der Waals surface area contributed by atoms with Gasteiger partial charge < -0.3 is 9.88 Å². The standard InChI is InChI=1S/C19H27N3O2S/c1-22-5-6-25-18(22)21-16(23)3-2-4-20-17(24)19-10-13-7-14(11-19)9-15(8-13)12-19/h5-6,13-15H,2-4,7-12H2,1H3,(H,20,24). The summed E-state index contributed by atoms with van der Waals surface area (Å²) in [6.45, 7) is 0.582. The maximum absolute atomic E-state index is 12.8. The van der Waals surface area contributed by atoms with Crippen LogP contribution < -0.4 is 10.1 Å². The lowest BCUT2D eigenvalue weighted by atomic mass is 9.49. The van der Waals surface area contributed by atoms with Crippen LogP contribution in [0.1, 0.15) is 51.4 Å². The Kier molecular flexibility index (Phi) is 4.56. The Balaban J connectivity index is 1.26. The summed E-state index contributed by atoms with van der Waals surface area (Å²) >= 11 is 1.46. The third kappa shape index (κ3) is 3.46. The smallest absolute Gasteiger partial charge is 0.248 e. The fraction of sp³-hybridized carbons (Fsp3) is 0.737. The van der Waals surface area contributed by atoms with E-state index >= 15 is 0 Å². The first kappa shape index (κ1) is 17.0. The highest BCUT2D eigenvalue weighted by atomic mass is 32.1. The number of carbonyl (C=O) groups is 2. The topological polar surface area (TPSA) is 63.5 Å². The molecule has 6 heteroatoms. The van der Waals surface area contributed by atoms with Gasteiger partial charge in [0.25, 0.3) is 0 Å². The maximum atomic E-state index is 12.8. The van der Waals surface area contributed by atoms with Crippen molar-refractivity contribution in [1.82, 2.24) is 9.88 Å². The SMILES string of the molecule is Cn1ccsc1=NC(=O)CCCNC(=O)C12CC3CC(CC(C3)C1)C2. The lowest BCUT2D eigenvalue weighted by Crippen LogP contribution is -2.53. The number of aryl methyl sites for hydroxylation is 1. The molecule has 0 aliphatic heterocycles. The van der Waals surface area contributed by atoms with E-state index in [-0.39, 0.29) is 17.2 Å². The van der Waals surface area contributed by atoms with Crippen LogP contribution in [0.2, 0.25) is 0 Å². The van der Waals surface area contributed by atoms with Crippen molar-refractivity contribution in [2.45, 2.75) is 51.4 Å². The minimum Gasteiger partial charge on any atom is -0.356 e. The lowest BCUT2D eigenvalue weighted by Gasteiger charge is -2.55. The van der Waals surface area contributed by atoms with Gasteiger partial charge in [0.05, 0.1) is 0 Å². The van der Waals surface area contributed by atoms with Crippen molar-refractivity contribution < 1.29 is 9.59 Å². The van der Waals surface area contributed by atoms with Gasteiger partial charge in [0.1, 0.15) is 0 Å². The molecule has 0 saturated heterocycles. The van der Waals surface area contributed by atoms with Crippen LogP contribution in [0.5, 0.6) is 0 Å². The summed E-state index contributed by atoms with van der Waals surface area (Å²) in [5.41, 5.74) is -0.0894. The molecule has 4 aliphatic carbocycles. The van der Waals surface area contributed by atoms with Gasteiger partial charge in [-0.05, 0) is 62.7 Å². The number of thiazole rings is 1. The number of amides is 2. The number of hydrogen-bond acceptors (Lipinski definition) is 3. The molecule has 2 amide bonds. The van der Waals surface area contributed by atoms with Gasteiger partial charge in [-0.3, -0.25) is 9.59 Å². The Morgan fingerprint density at radius 2 is 1.88 bits per heavy atom. The highest BCUT2D eigenvalue weighted by Gasteiger charge is 2.54. The fourth-order valence-corrected chi connectivity index (χ4v) is 6.36. The largest absolute Gasteiger partial charge is 0.356 e. The average molecular weight is 362 g/mol. The van der Waals surface area contributed by atoms with Crippen molar-refractivity contribution in [2.75, 3.05) is 6.54 Å². The normalized spacial score (nSPS) is 33.6. The number of hydrogen-bond donors (Lipinski definition) is 1. The van der Waals surface area contributed by atoms with Crippen LogP contribution >= 0.6 is 11.3 Å². The van der Waals surface area contributed by atoms with Gasteiger partial charge in [0.2, 0.25) is 11.8 Å². The molecular weight excluding hydrogens is 334 g/mol. The Morgan fingerprint density at radius 3 is 2.44 bits per heavy atom. The Bertz CT molecular complexity index is 698. The van der Waals surface area contributed by atoms with Crippen molar-refractivity contribution in [1.29, 1.82) is 0 Å². The molecule has 1 N–H and O–H groups in total. The second-order valence-electron chi connectivity index (χ2n) is 8.36. The van der Waals surface area contributed by atoms with E-state index in [0.717, 1.165) is 41.8 Å². The Morgan fingerprint density at radius 1 is 1.24 bits per heavy atom. The summed E-state index contributed by atoms with van der Waals surface area (Å²) in [6, 6.07) is 0. The molecule has 0 aromatic carbocycles. The van der Waals surface area contributed by atoms with Gasteiger partial charge in [0, 0.05) is 37.0 Å². The van der Waals surface area contributed by atoms with Gasteiger partial charge in [-0.2, -0.15) is 4.99 Å². The molecule has 5 nitrogen and oxygen atoms in total. The summed E-state index contributed by atoms with van der Waals surface area (Å²) in [5.74, 6) is 2.49. The molecule has 136 valence electrons. The minimum atomic E-state index is -0.109. The summed E-state index contributed by atoms with van der Waals surface area (Å²) in [7, 11) is 1.88. The first-order valence-corrected chi connectivity index (χ1v) is 10.4. The lowest BCUT2D eigenvalue weighted by molar-refractivity contribution is -0.146. The van der Waals surface area contributed by atoms with E-state index in [9.17, 15) is 9.59 Å². The molecule has 0 atom stereocenters. The quantitative estimate of drug-likeness (QED) is 0.820. The highest BCUT2D eigenvalue weighted by molar-refractivity contribution is 7.07. The van der Waals surface area contributed by atoms with Gasteiger partial charge in [0.15, 0.2) is 4.80 Å².